The summed E-state index contributed by atoms with van der Waals surface area (Å²) in [6.07, 6.45) is 3.22. The highest BCUT2D eigenvalue weighted by Crippen LogP contribution is 2.38. The van der Waals surface area contributed by atoms with Gasteiger partial charge in [-0.25, -0.2) is 4.79 Å². The lowest BCUT2D eigenvalue weighted by molar-refractivity contribution is -0.240. The van der Waals surface area contributed by atoms with Gasteiger partial charge in [0.25, 0.3) is 0 Å². The Kier molecular flexibility index (Phi) is 4.26. The SMILES string of the molecule is CC1(C)CCCC(C)(C)N1OC(=O)c1cccc(Br)c1. The van der Waals surface area contributed by atoms with Crippen LogP contribution in [0.2, 0.25) is 0 Å². The topological polar surface area (TPSA) is 29.5 Å². The van der Waals surface area contributed by atoms with Crippen LogP contribution in [-0.4, -0.2) is 22.1 Å². The molecule has 0 N–H and O–H groups in total. The Morgan fingerprint density at radius 2 is 1.80 bits per heavy atom. The third-order valence-electron chi connectivity index (χ3n) is 3.91. The van der Waals surface area contributed by atoms with Gasteiger partial charge >= 0.3 is 5.97 Å². The smallest absolute Gasteiger partial charge is 0.357 e. The maximum Gasteiger partial charge on any atom is 0.357 e. The highest BCUT2D eigenvalue weighted by Gasteiger charge is 2.44. The molecule has 1 fully saturated rings. The minimum Gasteiger partial charge on any atom is -0.363 e. The zero-order chi connectivity index (χ0) is 15.0. The first-order valence-corrected chi connectivity index (χ1v) is 7.80. The molecule has 1 aliphatic heterocycles. The van der Waals surface area contributed by atoms with Crippen molar-refractivity contribution >= 4 is 21.9 Å². The van der Waals surface area contributed by atoms with E-state index in [1.54, 1.807) is 12.1 Å². The van der Waals surface area contributed by atoms with Gasteiger partial charge in [0.2, 0.25) is 0 Å². The van der Waals surface area contributed by atoms with E-state index in [9.17, 15) is 4.79 Å². The Balaban J connectivity index is 2.20. The molecule has 0 unspecified atom stereocenters. The molecule has 2 rings (SSSR count). The molecule has 0 aliphatic carbocycles. The van der Waals surface area contributed by atoms with E-state index in [0.29, 0.717) is 5.56 Å². The van der Waals surface area contributed by atoms with Crippen molar-refractivity contribution in [3.63, 3.8) is 0 Å². The van der Waals surface area contributed by atoms with Gasteiger partial charge in [0.1, 0.15) is 0 Å². The van der Waals surface area contributed by atoms with Crippen molar-refractivity contribution in [2.24, 2.45) is 0 Å². The number of hydrogen-bond donors (Lipinski definition) is 0. The van der Waals surface area contributed by atoms with Crippen LogP contribution in [0.5, 0.6) is 0 Å². The largest absolute Gasteiger partial charge is 0.363 e. The zero-order valence-electron chi connectivity index (χ0n) is 12.6. The van der Waals surface area contributed by atoms with Crippen molar-refractivity contribution in [1.29, 1.82) is 0 Å². The van der Waals surface area contributed by atoms with E-state index in [4.69, 9.17) is 4.84 Å². The molecule has 1 saturated heterocycles. The van der Waals surface area contributed by atoms with Crippen LogP contribution >= 0.6 is 15.9 Å². The molecule has 0 spiro atoms. The number of carbonyl (C=O) groups is 1. The van der Waals surface area contributed by atoms with Crippen LogP contribution in [0, 0.1) is 0 Å². The fourth-order valence-corrected chi connectivity index (χ4v) is 3.37. The van der Waals surface area contributed by atoms with Crippen LogP contribution in [0.25, 0.3) is 0 Å². The second-order valence-electron chi connectivity index (χ2n) is 6.66. The molecule has 1 aliphatic rings. The van der Waals surface area contributed by atoms with Crippen LogP contribution in [0.3, 0.4) is 0 Å². The molecule has 4 heteroatoms. The van der Waals surface area contributed by atoms with Crippen molar-refractivity contribution in [2.45, 2.75) is 58.0 Å². The zero-order valence-corrected chi connectivity index (χ0v) is 14.2. The average Bonchev–Trinajstić information content (AvgIpc) is 2.33. The quantitative estimate of drug-likeness (QED) is 0.790. The highest BCUT2D eigenvalue weighted by atomic mass is 79.9. The number of halogens is 1. The average molecular weight is 340 g/mol. The maximum absolute atomic E-state index is 12.4. The van der Waals surface area contributed by atoms with Gasteiger partial charge < -0.3 is 4.84 Å². The minimum atomic E-state index is -0.297. The molecule has 0 saturated carbocycles. The lowest BCUT2D eigenvalue weighted by atomic mass is 9.82. The van der Waals surface area contributed by atoms with Crippen LogP contribution in [0.15, 0.2) is 28.7 Å². The standard InChI is InChI=1S/C16H22BrNO2/c1-15(2)9-6-10-16(3,4)18(15)20-14(19)12-7-5-8-13(17)11-12/h5,7-8,11H,6,9-10H2,1-4H3. The number of hydroxylamine groups is 2. The van der Waals surface area contributed by atoms with E-state index in [-0.39, 0.29) is 17.0 Å². The lowest BCUT2D eigenvalue weighted by Crippen LogP contribution is -2.58. The van der Waals surface area contributed by atoms with Crippen molar-refractivity contribution in [1.82, 2.24) is 5.06 Å². The lowest BCUT2D eigenvalue weighted by Gasteiger charge is -2.50. The van der Waals surface area contributed by atoms with Gasteiger partial charge in [0.15, 0.2) is 0 Å². The first-order valence-electron chi connectivity index (χ1n) is 7.01. The van der Waals surface area contributed by atoms with Gasteiger partial charge in [0.05, 0.1) is 16.6 Å². The summed E-state index contributed by atoms with van der Waals surface area (Å²) in [4.78, 5) is 18.1. The molecule has 1 aromatic carbocycles. The Bertz CT molecular complexity index is 495. The molecule has 3 nitrogen and oxygen atoms in total. The van der Waals surface area contributed by atoms with E-state index in [1.165, 1.54) is 0 Å². The van der Waals surface area contributed by atoms with E-state index in [1.807, 2.05) is 17.2 Å². The Labute approximate surface area is 129 Å². The number of rotatable bonds is 2. The van der Waals surface area contributed by atoms with Crippen molar-refractivity contribution in [3.05, 3.63) is 34.3 Å². The normalized spacial score (nSPS) is 21.4. The van der Waals surface area contributed by atoms with Gasteiger partial charge in [-0.05, 0) is 65.2 Å². The fourth-order valence-electron chi connectivity index (χ4n) is 2.97. The van der Waals surface area contributed by atoms with Gasteiger partial charge in [-0.2, -0.15) is 0 Å². The molecule has 0 amide bonds. The monoisotopic (exact) mass is 339 g/mol. The van der Waals surface area contributed by atoms with E-state index in [2.05, 4.69) is 43.6 Å². The molecule has 1 heterocycles. The number of piperidine rings is 1. The van der Waals surface area contributed by atoms with Gasteiger partial charge in [-0.15, -0.1) is 5.06 Å². The Hall–Kier alpha value is -0.870. The molecular weight excluding hydrogens is 318 g/mol. The molecule has 0 atom stereocenters. The molecule has 1 aromatic rings. The second-order valence-corrected chi connectivity index (χ2v) is 7.58. The number of benzene rings is 1. The minimum absolute atomic E-state index is 0.135. The van der Waals surface area contributed by atoms with Crippen molar-refractivity contribution in [3.8, 4) is 0 Å². The van der Waals surface area contributed by atoms with E-state index in [0.717, 1.165) is 23.7 Å². The second kappa shape index (κ2) is 5.49. The molecule has 20 heavy (non-hydrogen) atoms. The summed E-state index contributed by atoms with van der Waals surface area (Å²) in [5.74, 6) is -0.297. The van der Waals surface area contributed by atoms with Gasteiger partial charge in [0, 0.05) is 4.47 Å². The van der Waals surface area contributed by atoms with Crippen LogP contribution in [0.4, 0.5) is 0 Å². The van der Waals surface area contributed by atoms with Crippen LogP contribution < -0.4 is 0 Å². The number of carbonyl (C=O) groups excluding carboxylic acids is 1. The maximum atomic E-state index is 12.4. The number of nitrogens with zero attached hydrogens (tertiary/aromatic N) is 1. The molecule has 110 valence electrons. The summed E-state index contributed by atoms with van der Waals surface area (Å²) in [6, 6.07) is 7.29. The highest BCUT2D eigenvalue weighted by molar-refractivity contribution is 9.10. The van der Waals surface area contributed by atoms with E-state index < -0.39 is 0 Å². The Morgan fingerprint density at radius 3 is 2.35 bits per heavy atom. The third-order valence-corrected chi connectivity index (χ3v) is 4.40. The fraction of sp³-hybridized carbons (Fsp3) is 0.562. The predicted molar refractivity (Wildman–Crippen MR) is 83.4 cm³/mol. The van der Waals surface area contributed by atoms with Gasteiger partial charge in [-0.1, -0.05) is 22.0 Å². The first kappa shape index (κ1) is 15.5. The van der Waals surface area contributed by atoms with Crippen molar-refractivity contribution < 1.29 is 9.63 Å². The number of hydrogen-bond acceptors (Lipinski definition) is 3. The molecule has 0 bridgehead atoms. The summed E-state index contributed by atoms with van der Waals surface area (Å²) < 4.78 is 0.879. The van der Waals surface area contributed by atoms with E-state index >= 15 is 0 Å². The molecule has 0 aromatic heterocycles. The first-order chi connectivity index (χ1) is 9.22. The predicted octanol–water partition coefficient (Wildman–Crippen LogP) is 4.56. The van der Waals surface area contributed by atoms with Gasteiger partial charge in [-0.3, -0.25) is 0 Å². The summed E-state index contributed by atoms with van der Waals surface area (Å²) in [5.41, 5.74) is 0.295. The summed E-state index contributed by atoms with van der Waals surface area (Å²) in [5, 5.41) is 1.88. The summed E-state index contributed by atoms with van der Waals surface area (Å²) >= 11 is 3.38. The summed E-state index contributed by atoms with van der Waals surface area (Å²) in [6.45, 7) is 8.51. The molecule has 0 radical (unpaired) electrons. The molecular formula is C16H22BrNO2. The Morgan fingerprint density at radius 1 is 1.20 bits per heavy atom. The van der Waals surface area contributed by atoms with Crippen molar-refractivity contribution in [2.75, 3.05) is 0 Å². The summed E-state index contributed by atoms with van der Waals surface area (Å²) in [7, 11) is 0. The van der Waals surface area contributed by atoms with Crippen LogP contribution in [-0.2, 0) is 4.84 Å². The third kappa shape index (κ3) is 3.23. The van der Waals surface area contributed by atoms with Crippen LogP contribution in [0.1, 0.15) is 57.3 Å².